The van der Waals surface area contributed by atoms with Crippen LogP contribution in [0.5, 0.6) is 0 Å². The molecule has 4 aliphatic heterocycles. The van der Waals surface area contributed by atoms with Crippen molar-refractivity contribution in [3.8, 4) is 0 Å². The molecule has 7 heteroatoms. The molecule has 0 saturated carbocycles. The van der Waals surface area contributed by atoms with Crippen molar-refractivity contribution in [2.75, 3.05) is 13.1 Å². The van der Waals surface area contributed by atoms with E-state index in [4.69, 9.17) is 15.4 Å². The van der Waals surface area contributed by atoms with Gasteiger partial charge in [-0.2, -0.15) is 17.7 Å². The molecule has 1 amide bonds. The van der Waals surface area contributed by atoms with Crippen LogP contribution in [0.3, 0.4) is 0 Å². The van der Waals surface area contributed by atoms with Crippen LogP contribution in [0.15, 0.2) is 57.5 Å². The Hall–Kier alpha value is -2.70. The van der Waals surface area contributed by atoms with Gasteiger partial charge in [-0.15, -0.1) is 6.07 Å². The summed E-state index contributed by atoms with van der Waals surface area (Å²) in [5.41, 5.74) is 8.91. The van der Waals surface area contributed by atoms with E-state index in [0.717, 1.165) is 53.0 Å². The van der Waals surface area contributed by atoms with Gasteiger partial charge in [0.15, 0.2) is 0 Å². The minimum Gasteiger partial charge on any atom is -0.354 e. The normalized spacial score (nSPS) is 24.0. The molecule has 6 rings (SSSR count). The van der Waals surface area contributed by atoms with Crippen LogP contribution in [0.2, 0.25) is 0 Å². The second-order valence-corrected chi connectivity index (χ2v) is 10.1. The van der Waals surface area contributed by atoms with Gasteiger partial charge in [0, 0.05) is 58.2 Å². The summed E-state index contributed by atoms with van der Waals surface area (Å²) in [6.45, 7) is 7.62. The first-order valence-corrected chi connectivity index (χ1v) is 12.7. The molecular formula is C30H30N5OY-. The van der Waals surface area contributed by atoms with Gasteiger partial charge >= 0.3 is 0 Å². The van der Waals surface area contributed by atoms with Gasteiger partial charge < -0.3 is 9.80 Å². The zero-order valence-electron chi connectivity index (χ0n) is 21.6. The average molecular weight is 566 g/mol. The maximum atomic E-state index is 13.3. The molecule has 2 aromatic carbocycles. The molecule has 2 aromatic rings. The summed E-state index contributed by atoms with van der Waals surface area (Å²) in [4.78, 5) is 26.9. The number of carbonyl (C=O) groups is 1. The van der Waals surface area contributed by atoms with Crippen LogP contribution in [0, 0.1) is 18.4 Å². The van der Waals surface area contributed by atoms with Crippen LogP contribution in [0.4, 0.5) is 11.4 Å². The summed E-state index contributed by atoms with van der Waals surface area (Å²) in [7, 11) is 0. The number of aliphatic imine (C=N–C) groups is 2. The largest absolute Gasteiger partial charge is 0.354 e. The maximum Gasteiger partial charge on any atom is 0.256 e. The van der Waals surface area contributed by atoms with Crippen LogP contribution in [0.1, 0.15) is 59.3 Å². The topological polar surface area (TPSA) is 72.1 Å². The number of nitrogens with one attached hydrogen (secondary N) is 1. The Kier molecular flexibility index (Phi) is 7.17. The second-order valence-electron chi connectivity index (χ2n) is 10.1. The first-order chi connectivity index (χ1) is 17.4. The molecule has 2 atom stereocenters. The summed E-state index contributed by atoms with van der Waals surface area (Å²) < 4.78 is 0. The average Bonchev–Trinajstić information content (AvgIpc) is 3.45. The van der Waals surface area contributed by atoms with E-state index in [2.05, 4.69) is 43.0 Å². The van der Waals surface area contributed by atoms with E-state index < -0.39 is 0 Å². The van der Waals surface area contributed by atoms with Crippen molar-refractivity contribution in [3.05, 3.63) is 81.4 Å². The van der Waals surface area contributed by atoms with E-state index >= 15 is 0 Å². The molecule has 1 N–H and O–H groups in total. The van der Waals surface area contributed by atoms with E-state index in [1.54, 1.807) is 0 Å². The van der Waals surface area contributed by atoms with Crippen molar-refractivity contribution in [1.82, 2.24) is 9.80 Å². The van der Waals surface area contributed by atoms with Crippen molar-refractivity contribution in [2.45, 2.75) is 52.1 Å². The molecule has 4 heterocycles. The van der Waals surface area contributed by atoms with E-state index in [1.807, 2.05) is 42.5 Å². The zero-order valence-corrected chi connectivity index (χ0v) is 24.4. The van der Waals surface area contributed by atoms with Gasteiger partial charge in [-0.25, -0.2) is 0 Å². The van der Waals surface area contributed by atoms with Gasteiger partial charge in [0.05, 0.1) is 29.2 Å². The Morgan fingerprint density at radius 3 is 2.27 bits per heavy atom. The maximum absolute atomic E-state index is 13.3. The molecule has 1 radical (unpaired) electrons. The van der Waals surface area contributed by atoms with Crippen LogP contribution in [-0.4, -0.2) is 59.1 Å². The van der Waals surface area contributed by atoms with Crippen LogP contribution < -0.4 is 0 Å². The predicted octanol–water partition coefficient (Wildman–Crippen LogP) is 5.32. The third-order valence-corrected chi connectivity index (χ3v) is 7.94. The molecule has 37 heavy (non-hydrogen) atoms. The summed E-state index contributed by atoms with van der Waals surface area (Å²) in [5, 5.41) is 8.79. The first-order valence-electron chi connectivity index (χ1n) is 12.7. The molecule has 2 saturated heterocycles. The molecule has 4 aliphatic rings. The van der Waals surface area contributed by atoms with E-state index in [-0.39, 0.29) is 50.7 Å². The fourth-order valence-corrected chi connectivity index (χ4v) is 5.69. The van der Waals surface area contributed by atoms with Gasteiger partial charge in [-0.05, 0) is 69.0 Å². The number of hydrogen-bond acceptors (Lipinski definition) is 4. The number of amidine groups is 1. The Morgan fingerprint density at radius 1 is 0.973 bits per heavy atom. The fourth-order valence-electron chi connectivity index (χ4n) is 5.69. The van der Waals surface area contributed by atoms with Crippen molar-refractivity contribution < 1.29 is 37.5 Å². The van der Waals surface area contributed by atoms with Crippen molar-refractivity contribution in [2.24, 2.45) is 9.98 Å². The SMILES string of the molecule is C/C=C1\C[C@H]2C=Nc3cc(Cc4cc5c(cc4C)C(=O)N4C/C(=C/C)C[C@H]4C=N5)[c-]cc3C(=N)N2C1.[Y]. The summed E-state index contributed by atoms with van der Waals surface area (Å²) in [6, 6.07) is 11.6. The quantitative estimate of drug-likeness (QED) is 0.396. The Morgan fingerprint density at radius 2 is 1.59 bits per heavy atom. The number of benzene rings is 2. The number of rotatable bonds is 2. The zero-order chi connectivity index (χ0) is 25.0. The number of fused-ring (bicyclic) bond motifs is 4. The Bertz CT molecular complexity index is 1420. The Labute approximate surface area is 243 Å². The molecular weight excluding hydrogens is 535 g/mol. The molecule has 0 aromatic heterocycles. The van der Waals surface area contributed by atoms with Crippen LogP contribution in [0.25, 0.3) is 0 Å². The predicted molar refractivity (Wildman–Crippen MR) is 144 cm³/mol. The molecule has 0 bridgehead atoms. The van der Waals surface area contributed by atoms with Gasteiger partial charge in [0.25, 0.3) is 5.91 Å². The number of aryl methyl sites for hydroxylation is 1. The molecule has 2 fully saturated rings. The second kappa shape index (κ2) is 10.2. The Balaban J connectivity index is 0.00000280. The van der Waals surface area contributed by atoms with Gasteiger partial charge in [-0.3, -0.25) is 20.2 Å². The first kappa shape index (κ1) is 25.9. The standard InChI is InChI=1S/C30H30N5O.Y/c1-4-19-10-23-14-32-27-12-21(6-7-25(27)29(31)34(23)16-19)9-22-13-28-26(8-18(22)3)30(36)35-17-20(5-2)11-24(35)15-33-28;/h4-5,7-8,12-15,23-24,31H,9-11,16-17H2,1-3H3;/q-1;/b19-4+,20-5+,31-29?;/t23-,24-;/m0./s1. The van der Waals surface area contributed by atoms with E-state index in [9.17, 15) is 4.79 Å². The minimum absolute atomic E-state index is 0. The summed E-state index contributed by atoms with van der Waals surface area (Å²) in [5.74, 6) is 0.577. The van der Waals surface area contributed by atoms with Crippen molar-refractivity contribution in [3.63, 3.8) is 0 Å². The monoisotopic (exact) mass is 565 g/mol. The minimum atomic E-state index is 0. The molecule has 6 nitrogen and oxygen atoms in total. The smallest absolute Gasteiger partial charge is 0.256 e. The van der Waals surface area contributed by atoms with Crippen molar-refractivity contribution in [1.29, 1.82) is 5.41 Å². The number of nitrogens with zero attached hydrogens (tertiary/aromatic N) is 4. The van der Waals surface area contributed by atoms with Crippen LogP contribution >= 0.6 is 0 Å². The van der Waals surface area contributed by atoms with Gasteiger partial charge in [0.2, 0.25) is 0 Å². The molecule has 0 aliphatic carbocycles. The fraction of sp³-hybridized carbons (Fsp3) is 0.333. The number of carbonyl (C=O) groups excluding carboxylic acids is 1. The molecule has 0 unspecified atom stereocenters. The summed E-state index contributed by atoms with van der Waals surface area (Å²) in [6.07, 6.45) is 10.6. The molecule has 185 valence electrons. The number of amides is 1. The molecule has 0 spiro atoms. The van der Waals surface area contributed by atoms with Crippen molar-refractivity contribution >= 4 is 35.5 Å². The van der Waals surface area contributed by atoms with Gasteiger partial charge in [0.1, 0.15) is 0 Å². The number of allylic oxidation sites excluding steroid dienone is 2. The third kappa shape index (κ3) is 4.59. The summed E-state index contributed by atoms with van der Waals surface area (Å²) >= 11 is 0. The van der Waals surface area contributed by atoms with Crippen LogP contribution in [-0.2, 0) is 39.1 Å². The van der Waals surface area contributed by atoms with E-state index in [0.29, 0.717) is 24.4 Å². The van der Waals surface area contributed by atoms with Gasteiger partial charge in [-0.1, -0.05) is 28.9 Å². The van der Waals surface area contributed by atoms with E-state index in [1.165, 1.54) is 11.1 Å². The third-order valence-electron chi connectivity index (χ3n) is 7.94. The number of hydrogen-bond donors (Lipinski definition) is 1.